The highest BCUT2D eigenvalue weighted by molar-refractivity contribution is 9.10. The molecule has 3 nitrogen and oxygen atoms in total. The van der Waals surface area contributed by atoms with Crippen LogP contribution in [0.5, 0.6) is 0 Å². The van der Waals surface area contributed by atoms with Crippen molar-refractivity contribution < 1.29 is 9.18 Å². The zero-order valence-electron chi connectivity index (χ0n) is 13.0. The molecule has 1 saturated heterocycles. The summed E-state index contributed by atoms with van der Waals surface area (Å²) in [5.74, 6) is -0.133. The van der Waals surface area contributed by atoms with Crippen LogP contribution in [0.25, 0.3) is 0 Å². The summed E-state index contributed by atoms with van der Waals surface area (Å²) >= 11 is 3.15. The van der Waals surface area contributed by atoms with Crippen LogP contribution >= 0.6 is 28.3 Å². The predicted octanol–water partition coefficient (Wildman–Crippen LogP) is 3.51. The zero-order chi connectivity index (χ0) is 16.4. The number of hydrogen-bond donors (Lipinski definition) is 1. The van der Waals surface area contributed by atoms with Gasteiger partial charge in [0.2, 0.25) is 5.91 Å². The third kappa shape index (κ3) is 4.15. The molecule has 2 atom stereocenters. The van der Waals surface area contributed by atoms with Gasteiger partial charge in [-0.2, -0.15) is 0 Å². The van der Waals surface area contributed by atoms with Crippen molar-refractivity contribution in [2.75, 3.05) is 13.1 Å². The molecule has 3 rings (SSSR count). The van der Waals surface area contributed by atoms with E-state index in [4.69, 9.17) is 5.73 Å². The van der Waals surface area contributed by atoms with E-state index in [2.05, 4.69) is 28.1 Å². The molecule has 2 aromatic carbocycles. The summed E-state index contributed by atoms with van der Waals surface area (Å²) in [7, 11) is 0. The summed E-state index contributed by atoms with van der Waals surface area (Å²) in [6.45, 7) is 1.19. The highest BCUT2D eigenvalue weighted by atomic mass is 79.9. The van der Waals surface area contributed by atoms with E-state index in [1.165, 1.54) is 11.6 Å². The highest BCUT2D eigenvalue weighted by Gasteiger charge is 2.33. The molecule has 0 radical (unpaired) electrons. The second-order valence-electron chi connectivity index (χ2n) is 5.90. The molecule has 1 fully saturated rings. The smallest absolute Gasteiger partial charge is 0.227 e. The topological polar surface area (TPSA) is 46.3 Å². The lowest BCUT2D eigenvalue weighted by molar-refractivity contribution is -0.129. The van der Waals surface area contributed by atoms with E-state index in [1.807, 2.05) is 18.2 Å². The number of amides is 1. The Hall–Kier alpha value is -1.43. The summed E-state index contributed by atoms with van der Waals surface area (Å²) in [5, 5.41) is 0. The number of hydrogen-bond acceptors (Lipinski definition) is 2. The highest BCUT2D eigenvalue weighted by Crippen LogP contribution is 2.27. The average Bonchev–Trinajstić information content (AvgIpc) is 2.94. The Bertz CT molecular complexity index is 713. The van der Waals surface area contributed by atoms with Crippen molar-refractivity contribution in [1.29, 1.82) is 0 Å². The van der Waals surface area contributed by atoms with Crippen molar-refractivity contribution >= 4 is 34.2 Å². The number of benzene rings is 2. The largest absolute Gasteiger partial charge is 0.340 e. The van der Waals surface area contributed by atoms with Gasteiger partial charge in [-0.25, -0.2) is 4.39 Å². The van der Waals surface area contributed by atoms with Crippen molar-refractivity contribution in [3.63, 3.8) is 0 Å². The van der Waals surface area contributed by atoms with E-state index in [0.717, 1.165) is 5.56 Å². The first-order valence-corrected chi connectivity index (χ1v) is 8.36. The number of halogens is 3. The molecule has 24 heavy (non-hydrogen) atoms. The van der Waals surface area contributed by atoms with Gasteiger partial charge in [-0.05, 0) is 39.2 Å². The van der Waals surface area contributed by atoms with Gasteiger partial charge in [0.05, 0.1) is 10.9 Å². The Morgan fingerprint density at radius 2 is 1.92 bits per heavy atom. The van der Waals surface area contributed by atoms with Crippen LogP contribution < -0.4 is 5.73 Å². The van der Waals surface area contributed by atoms with E-state index in [-0.39, 0.29) is 42.5 Å². The fourth-order valence-corrected chi connectivity index (χ4v) is 3.45. The molecule has 0 spiro atoms. The lowest BCUT2D eigenvalue weighted by Gasteiger charge is -2.16. The number of likely N-dealkylation sites (tertiary alicyclic amines) is 1. The maximum atomic E-state index is 13.3. The van der Waals surface area contributed by atoms with Gasteiger partial charge in [0.1, 0.15) is 5.82 Å². The van der Waals surface area contributed by atoms with Gasteiger partial charge >= 0.3 is 0 Å². The molecule has 6 heteroatoms. The molecule has 0 unspecified atom stereocenters. The molecule has 1 aliphatic heterocycles. The van der Waals surface area contributed by atoms with Crippen molar-refractivity contribution in [3.05, 3.63) is 69.9 Å². The van der Waals surface area contributed by atoms with Gasteiger partial charge < -0.3 is 10.6 Å². The second-order valence-corrected chi connectivity index (χ2v) is 6.76. The number of nitrogens with two attached hydrogens (primary N) is 1. The van der Waals surface area contributed by atoms with E-state index < -0.39 is 0 Å². The minimum atomic E-state index is -0.325. The standard InChI is InChI=1S/C18H18BrFN2O.ClH/c19-15-8-12(6-7-16(15)20)9-18(23)22-10-14(17(21)11-22)13-4-2-1-3-5-13;/h1-8,14,17H,9-11,21H2;1H/t14-,17+;/m0./s1. The molecule has 1 amide bonds. The van der Waals surface area contributed by atoms with Crippen LogP contribution in [0.2, 0.25) is 0 Å². The molecule has 2 N–H and O–H groups in total. The van der Waals surface area contributed by atoms with E-state index in [0.29, 0.717) is 17.6 Å². The van der Waals surface area contributed by atoms with E-state index in [9.17, 15) is 9.18 Å². The molecule has 0 aromatic heterocycles. The Balaban J connectivity index is 0.00000208. The van der Waals surface area contributed by atoms with Crippen molar-refractivity contribution in [1.82, 2.24) is 4.90 Å². The number of nitrogens with zero attached hydrogens (tertiary/aromatic N) is 1. The van der Waals surface area contributed by atoms with Crippen molar-refractivity contribution in [2.45, 2.75) is 18.4 Å². The van der Waals surface area contributed by atoms with Gasteiger partial charge in [0.15, 0.2) is 0 Å². The molecule has 128 valence electrons. The maximum absolute atomic E-state index is 13.3. The first kappa shape index (κ1) is 18.9. The number of rotatable bonds is 3. The Kier molecular flexibility index (Phi) is 6.38. The lowest BCUT2D eigenvalue weighted by atomic mass is 9.95. The molecule has 1 aliphatic rings. The Morgan fingerprint density at radius 1 is 1.21 bits per heavy atom. The van der Waals surface area contributed by atoms with Crippen molar-refractivity contribution in [2.24, 2.45) is 5.73 Å². The SMILES string of the molecule is Cl.N[C@@H]1CN(C(=O)Cc2ccc(F)c(Br)c2)C[C@H]1c1ccccc1. The van der Waals surface area contributed by atoms with Gasteiger partial charge in [-0.1, -0.05) is 36.4 Å². The van der Waals surface area contributed by atoms with Crippen LogP contribution in [0.15, 0.2) is 53.0 Å². The van der Waals surface area contributed by atoms with Gasteiger partial charge in [-0.15, -0.1) is 12.4 Å². The van der Waals surface area contributed by atoms with Crippen LogP contribution in [0, 0.1) is 5.82 Å². The van der Waals surface area contributed by atoms with Crippen LogP contribution in [0.4, 0.5) is 4.39 Å². The summed E-state index contributed by atoms with van der Waals surface area (Å²) in [5.41, 5.74) is 8.18. The summed E-state index contributed by atoms with van der Waals surface area (Å²) < 4.78 is 13.6. The first-order valence-electron chi connectivity index (χ1n) is 7.57. The summed E-state index contributed by atoms with van der Waals surface area (Å²) in [6, 6.07) is 14.7. The Morgan fingerprint density at radius 3 is 2.58 bits per heavy atom. The molecule has 1 heterocycles. The molecule has 0 aliphatic carbocycles. The second kappa shape index (κ2) is 8.10. The van der Waals surface area contributed by atoms with Crippen LogP contribution in [0.3, 0.4) is 0 Å². The zero-order valence-corrected chi connectivity index (χ0v) is 15.4. The lowest BCUT2D eigenvalue weighted by Crippen LogP contribution is -2.33. The quantitative estimate of drug-likeness (QED) is 0.837. The van der Waals surface area contributed by atoms with Crippen molar-refractivity contribution in [3.8, 4) is 0 Å². The predicted molar refractivity (Wildman–Crippen MR) is 98.8 cm³/mol. The molecular weight excluding hydrogens is 395 g/mol. The van der Waals surface area contributed by atoms with Gasteiger partial charge in [-0.3, -0.25) is 4.79 Å². The maximum Gasteiger partial charge on any atom is 0.227 e. The third-order valence-electron chi connectivity index (χ3n) is 4.28. The molecular formula is C18H19BrClFN2O. The summed E-state index contributed by atoms with van der Waals surface area (Å²) in [4.78, 5) is 14.3. The normalized spacial score (nSPS) is 19.9. The molecule has 0 bridgehead atoms. The van der Waals surface area contributed by atoms with Crippen LogP contribution in [-0.2, 0) is 11.2 Å². The minimum absolute atomic E-state index is 0. The Labute approximate surface area is 155 Å². The molecule has 2 aromatic rings. The van der Waals surface area contributed by atoms with E-state index in [1.54, 1.807) is 17.0 Å². The monoisotopic (exact) mass is 412 g/mol. The number of carbonyl (C=O) groups is 1. The fraction of sp³-hybridized carbons (Fsp3) is 0.278. The third-order valence-corrected chi connectivity index (χ3v) is 4.89. The van der Waals surface area contributed by atoms with Crippen LogP contribution in [0.1, 0.15) is 17.0 Å². The van der Waals surface area contributed by atoms with Crippen LogP contribution in [-0.4, -0.2) is 29.9 Å². The van der Waals surface area contributed by atoms with Gasteiger partial charge in [0, 0.05) is 25.0 Å². The minimum Gasteiger partial charge on any atom is -0.340 e. The van der Waals surface area contributed by atoms with Gasteiger partial charge in [0.25, 0.3) is 0 Å². The number of carbonyl (C=O) groups excluding carboxylic acids is 1. The van der Waals surface area contributed by atoms with E-state index >= 15 is 0 Å². The first-order chi connectivity index (χ1) is 11.0. The summed E-state index contributed by atoms with van der Waals surface area (Å²) in [6.07, 6.45) is 0.257. The fourth-order valence-electron chi connectivity index (χ4n) is 3.02. The average molecular weight is 414 g/mol. The molecule has 0 saturated carbocycles.